The number of hydrogen-bond donors (Lipinski definition) is 4. The number of hydrogen-bond acceptors (Lipinski definition) is 6. The number of carbonyl (C=O) groups is 3. The Hall–Kier alpha value is -4.47. The third-order valence-corrected chi connectivity index (χ3v) is 7.21. The molecule has 0 aliphatic carbocycles. The van der Waals surface area contributed by atoms with Crippen molar-refractivity contribution >= 4 is 46.1 Å². The minimum Gasteiger partial charge on any atom is -0.478 e. The van der Waals surface area contributed by atoms with Crippen LogP contribution in [0.1, 0.15) is 28.4 Å². The van der Waals surface area contributed by atoms with E-state index in [4.69, 9.17) is 0 Å². The molecule has 9 heteroatoms. The molecule has 0 aromatic heterocycles. The van der Waals surface area contributed by atoms with Crippen LogP contribution in [-0.2, 0) is 9.59 Å². The molecule has 39 heavy (non-hydrogen) atoms. The fraction of sp³-hybridized carbons (Fsp3) is 0.233. The lowest BCUT2D eigenvalue weighted by Crippen LogP contribution is -2.51. The maximum Gasteiger partial charge on any atom is 0.335 e. The average Bonchev–Trinajstić information content (AvgIpc) is 3.27. The number of carboxylic acids is 1. The van der Waals surface area contributed by atoms with Gasteiger partial charge in [-0.2, -0.15) is 0 Å². The maximum atomic E-state index is 13.1. The van der Waals surface area contributed by atoms with Crippen LogP contribution in [0.4, 0.5) is 17.1 Å². The number of carboxylic acid groups (broad SMARTS) is 1. The minimum absolute atomic E-state index is 0.0488. The van der Waals surface area contributed by atoms with E-state index in [2.05, 4.69) is 32.8 Å². The van der Waals surface area contributed by atoms with Crippen molar-refractivity contribution < 1.29 is 19.5 Å². The Bertz CT molecular complexity index is 1430. The zero-order valence-corrected chi connectivity index (χ0v) is 21.9. The smallest absolute Gasteiger partial charge is 0.335 e. The van der Waals surface area contributed by atoms with Crippen molar-refractivity contribution in [2.24, 2.45) is 0 Å². The molecule has 1 fully saturated rings. The summed E-state index contributed by atoms with van der Waals surface area (Å²) < 4.78 is 0. The number of fused-ring (bicyclic) bond motifs is 1. The number of piperazine rings is 1. The maximum absolute atomic E-state index is 13.1. The normalized spacial score (nSPS) is 17.6. The summed E-state index contributed by atoms with van der Waals surface area (Å²) in [6, 6.07) is 21.2. The molecule has 2 aliphatic heterocycles. The van der Waals surface area contributed by atoms with Gasteiger partial charge in [0.25, 0.3) is 5.91 Å². The first-order chi connectivity index (χ1) is 18.8. The monoisotopic (exact) mass is 525 g/mol. The number of likely N-dealkylation sites (N-methyl/N-ethyl adjacent to an activating group) is 1. The molecule has 2 aliphatic rings. The third kappa shape index (κ3) is 5.69. The highest BCUT2D eigenvalue weighted by atomic mass is 16.4. The second-order valence-electron chi connectivity index (χ2n) is 9.84. The Morgan fingerprint density at radius 3 is 2.15 bits per heavy atom. The van der Waals surface area contributed by atoms with Crippen molar-refractivity contribution in [2.45, 2.75) is 13.0 Å². The first-order valence-electron chi connectivity index (χ1n) is 12.9. The van der Waals surface area contributed by atoms with Crippen LogP contribution >= 0.6 is 0 Å². The summed E-state index contributed by atoms with van der Waals surface area (Å²) in [6.07, 6.45) is 0. The zero-order chi connectivity index (χ0) is 27.5. The molecule has 2 heterocycles. The molecule has 0 saturated carbocycles. The fourth-order valence-electron chi connectivity index (χ4n) is 4.84. The predicted molar refractivity (Wildman–Crippen MR) is 153 cm³/mol. The molecule has 0 radical (unpaired) electrons. The van der Waals surface area contributed by atoms with E-state index in [9.17, 15) is 19.5 Å². The Morgan fingerprint density at radius 2 is 1.51 bits per heavy atom. The van der Waals surface area contributed by atoms with E-state index in [1.807, 2.05) is 61.5 Å². The molecule has 1 atom stereocenters. The number of amides is 2. The summed E-state index contributed by atoms with van der Waals surface area (Å²) in [4.78, 5) is 41.8. The second kappa shape index (κ2) is 11.1. The van der Waals surface area contributed by atoms with Crippen LogP contribution < -0.4 is 16.0 Å². The van der Waals surface area contributed by atoms with Crippen LogP contribution in [0.2, 0.25) is 0 Å². The van der Waals surface area contributed by atoms with Gasteiger partial charge in [0.2, 0.25) is 5.91 Å². The van der Waals surface area contributed by atoms with E-state index >= 15 is 0 Å². The molecular formula is C30H31N5O4. The lowest BCUT2D eigenvalue weighted by Gasteiger charge is -2.35. The van der Waals surface area contributed by atoms with Crippen molar-refractivity contribution in [2.75, 3.05) is 49.2 Å². The number of nitrogens with one attached hydrogen (secondary N) is 3. The summed E-state index contributed by atoms with van der Waals surface area (Å²) in [5, 5.41) is 18.5. The molecule has 4 N–H and O–H groups in total. The number of anilines is 3. The molecule has 2 amide bonds. The molecule has 0 spiro atoms. The van der Waals surface area contributed by atoms with Gasteiger partial charge < -0.3 is 26.0 Å². The number of rotatable bonds is 7. The quantitative estimate of drug-likeness (QED) is 0.346. The van der Waals surface area contributed by atoms with Crippen LogP contribution in [-0.4, -0.2) is 72.0 Å². The highest BCUT2D eigenvalue weighted by Gasteiger charge is 2.29. The molecule has 1 saturated heterocycles. The van der Waals surface area contributed by atoms with E-state index in [1.54, 1.807) is 6.07 Å². The van der Waals surface area contributed by atoms with Crippen LogP contribution in [0, 0.1) is 0 Å². The molecule has 1 unspecified atom stereocenters. The van der Waals surface area contributed by atoms with Gasteiger partial charge in [0, 0.05) is 43.1 Å². The van der Waals surface area contributed by atoms with Gasteiger partial charge in [0.05, 0.1) is 28.6 Å². The van der Waals surface area contributed by atoms with Gasteiger partial charge in [0.1, 0.15) is 0 Å². The summed E-state index contributed by atoms with van der Waals surface area (Å²) in [6.45, 7) is 5.54. The SMILES string of the molecule is CC(C(=O)Nc1ccc(N/C(=C2\C(=O)Nc3cc(C(=O)O)ccc32)c2ccccc2)cc1)N1CCN(C)CC1. The van der Waals surface area contributed by atoms with Gasteiger partial charge in [-0.15, -0.1) is 0 Å². The molecule has 5 rings (SSSR count). The van der Waals surface area contributed by atoms with Gasteiger partial charge in [-0.05, 0) is 55.9 Å². The highest BCUT2D eigenvalue weighted by molar-refractivity contribution is 6.37. The standard InChI is InChI=1S/C30H31N5O4/c1-19(35-16-14-34(2)15-17-35)28(36)32-23-11-9-22(10-12-23)31-27(20-6-4-3-5-7-20)26-24-13-8-21(30(38)39)18-25(24)33-29(26)37/h3-13,18-19,31H,14-17H2,1-2H3,(H,32,36)(H,33,37)(H,38,39)/b27-26-. The van der Waals surface area contributed by atoms with Gasteiger partial charge in [-0.1, -0.05) is 36.4 Å². The van der Waals surface area contributed by atoms with Gasteiger partial charge in [0.15, 0.2) is 0 Å². The predicted octanol–water partition coefficient (Wildman–Crippen LogP) is 3.89. The van der Waals surface area contributed by atoms with E-state index < -0.39 is 5.97 Å². The minimum atomic E-state index is -1.06. The number of aromatic carboxylic acids is 1. The van der Waals surface area contributed by atoms with Gasteiger partial charge in [-0.3, -0.25) is 14.5 Å². The Kier molecular flexibility index (Phi) is 7.44. The van der Waals surface area contributed by atoms with Crippen molar-refractivity contribution in [1.29, 1.82) is 0 Å². The lowest BCUT2D eigenvalue weighted by molar-refractivity contribution is -0.121. The van der Waals surface area contributed by atoms with Crippen LogP contribution in [0.3, 0.4) is 0 Å². The van der Waals surface area contributed by atoms with Crippen LogP contribution in [0.25, 0.3) is 11.3 Å². The van der Waals surface area contributed by atoms with E-state index in [0.29, 0.717) is 28.2 Å². The second-order valence-corrected chi connectivity index (χ2v) is 9.84. The molecule has 3 aromatic rings. The molecule has 3 aromatic carbocycles. The largest absolute Gasteiger partial charge is 0.478 e. The average molecular weight is 526 g/mol. The lowest BCUT2D eigenvalue weighted by atomic mass is 9.99. The third-order valence-electron chi connectivity index (χ3n) is 7.21. The first-order valence-corrected chi connectivity index (χ1v) is 12.9. The van der Waals surface area contributed by atoms with Crippen molar-refractivity contribution in [3.63, 3.8) is 0 Å². The molecule has 9 nitrogen and oxygen atoms in total. The summed E-state index contributed by atoms with van der Waals surface area (Å²) in [5.74, 6) is -1.43. The highest BCUT2D eigenvalue weighted by Crippen LogP contribution is 2.38. The fourth-order valence-corrected chi connectivity index (χ4v) is 4.84. The molecule has 200 valence electrons. The van der Waals surface area contributed by atoms with Crippen molar-refractivity contribution in [3.8, 4) is 0 Å². The molecule has 0 bridgehead atoms. The van der Waals surface area contributed by atoms with E-state index in [1.165, 1.54) is 12.1 Å². The Balaban J connectivity index is 1.38. The molecular weight excluding hydrogens is 494 g/mol. The van der Waals surface area contributed by atoms with Gasteiger partial charge in [-0.25, -0.2) is 4.79 Å². The van der Waals surface area contributed by atoms with Gasteiger partial charge >= 0.3 is 5.97 Å². The topological polar surface area (TPSA) is 114 Å². The zero-order valence-electron chi connectivity index (χ0n) is 21.9. The van der Waals surface area contributed by atoms with Crippen LogP contribution in [0.15, 0.2) is 72.8 Å². The van der Waals surface area contributed by atoms with Crippen molar-refractivity contribution in [3.05, 3.63) is 89.5 Å². The summed E-state index contributed by atoms with van der Waals surface area (Å²) >= 11 is 0. The van der Waals surface area contributed by atoms with E-state index in [-0.39, 0.29) is 23.4 Å². The summed E-state index contributed by atoms with van der Waals surface area (Å²) in [5.41, 5.74) is 4.42. The first kappa shape index (κ1) is 26.1. The number of nitrogens with zero attached hydrogens (tertiary/aromatic N) is 2. The van der Waals surface area contributed by atoms with E-state index in [0.717, 1.165) is 37.4 Å². The summed E-state index contributed by atoms with van der Waals surface area (Å²) in [7, 11) is 2.09. The van der Waals surface area contributed by atoms with Crippen molar-refractivity contribution in [1.82, 2.24) is 9.80 Å². The Morgan fingerprint density at radius 1 is 0.872 bits per heavy atom. The number of carbonyl (C=O) groups excluding carboxylic acids is 2. The van der Waals surface area contributed by atoms with Crippen LogP contribution in [0.5, 0.6) is 0 Å². The Labute approximate surface area is 227 Å². The number of benzene rings is 3.